The van der Waals surface area contributed by atoms with Crippen molar-refractivity contribution in [2.75, 3.05) is 11.9 Å². The summed E-state index contributed by atoms with van der Waals surface area (Å²) in [7, 11) is 0. The van der Waals surface area contributed by atoms with E-state index < -0.39 is 11.6 Å². The fraction of sp³-hybridized carbons (Fsp3) is 0.417. The lowest BCUT2D eigenvalue weighted by Crippen LogP contribution is -2.23. The molecule has 17 heavy (non-hydrogen) atoms. The van der Waals surface area contributed by atoms with Crippen molar-refractivity contribution >= 4 is 11.6 Å². The number of anilines is 1. The maximum Gasteiger partial charge on any atom is 0.225 e. The molecule has 1 aliphatic carbocycles. The third-order valence-corrected chi connectivity index (χ3v) is 2.59. The van der Waals surface area contributed by atoms with E-state index in [-0.39, 0.29) is 5.91 Å². The van der Waals surface area contributed by atoms with Crippen LogP contribution in [0.5, 0.6) is 5.75 Å². The van der Waals surface area contributed by atoms with Gasteiger partial charge >= 0.3 is 0 Å². The first-order valence-electron chi connectivity index (χ1n) is 5.67. The zero-order valence-corrected chi connectivity index (χ0v) is 9.37. The van der Waals surface area contributed by atoms with Gasteiger partial charge in [0.15, 0.2) is 11.6 Å². The van der Waals surface area contributed by atoms with Crippen LogP contribution < -0.4 is 10.6 Å². The lowest BCUT2D eigenvalue weighted by atomic mass is 10.2. The number of rotatable bonds is 5. The molecule has 92 valence electrons. The largest absolute Gasteiger partial charge is 0.505 e. The number of carbonyl (C=O) groups is 1. The average Bonchev–Trinajstić information content (AvgIpc) is 3.07. The highest BCUT2D eigenvalue weighted by Crippen LogP contribution is 2.20. The topological polar surface area (TPSA) is 61.4 Å². The van der Waals surface area contributed by atoms with Crippen LogP contribution in [0.2, 0.25) is 0 Å². The van der Waals surface area contributed by atoms with E-state index in [1.807, 2.05) is 0 Å². The van der Waals surface area contributed by atoms with Gasteiger partial charge in [0.2, 0.25) is 5.91 Å². The van der Waals surface area contributed by atoms with Crippen molar-refractivity contribution in [1.29, 1.82) is 0 Å². The van der Waals surface area contributed by atoms with Gasteiger partial charge in [-0.1, -0.05) is 0 Å². The summed E-state index contributed by atoms with van der Waals surface area (Å²) in [5, 5.41) is 14.8. The van der Waals surface area contributed by atoms with Crippen molar-refractivity contribution in [2.24, 2.45) is 0 Å². The quantitative estimate of drug-likeness (QED) is 0.683. The molecule has 0 heterocycles. The van der Waals surface area contributed by atoms with Crippen LogP contribution in [0.1, 0.15) is 19.3 Å². The molecule has 4 nitrogen and oxygen atoms in total. The first-order valence-corrected chi connectivity index (χ1v) is 5.67. The van der Waals surface area contributed by atoms with E-state index in [2.05, 4.69) is 10.6 Å². The van der Waals surface area contributed by atoms with E-state index in [1.54, 1.807) is 0 Å². The highest BCUT2D eigenvalue weighted by molar-refractivity contribution is 5.90. The SMILES string of the molecule is O=C(CCNC1CC1)Nc1ccc(O)c(F)c1. The predicted octanol–water partition coefficient (Wildman–Crippen LogP) is 1.61. The van der Waals surface area contributed by atoms with Crippen molar-refractivity contribution in [1.82, 2.24) is 5.32 Å². The summed E-state index contributed by atoms with van der Waals surface area (Å²) < 4.78 is 13.0. The van der Waals surface area contributed by atoms with Crippen LogP contribution in [0, 0.1) is 5.82 Å². The van der Waals surface area contributed by atoms with Crippen LogP contribution in [0.15, 0.2) is 18.2 Å². The monoisotopic (exact) mass is 238 g/mol. The molecule has 5 heteroatoms. The minimum Gasteiger partial charge on any atom is -0.505 e. The van der Waals surface area contributed by atoms with E-state index in [0.717, 1.165) is 6.07 Å². The number of carbonyl (C=O) groups excluding carboxylic acids is 1. The number of amides is 1. The number of benzene rings is 1. The smallest absolute Gasteiger partial charge is 0.225 e. The Hall–Kier alpha value is -1.62. The van der Waals surface area contributed by atoms with Crippen molar-refractivity contribution in [3.05, 3.63) is 24.0 Å². The van der Waals surface area contributed by atoms with E-state index in [9.17, 15) is 9.18 Å². The van der Waals surface area contributed by atoms with Gasteiger partial charge in [-0.05, 0) is 25.0 Å². The minimum absolute atomic E-state index is 0.164. The van der Waals surface area contributed by atoms with Crippen LogP contribution >= 0.6 is 0 Å². The molecule has 0 bridgehead atoms. The van der Waals surface area contributed by atoms with E-state index in [1.165, 1.54) is 25.0 Å². The maximum atomic E-state index is 13.0. The van der Waals surface area contributed by atoms with Crippen molar-refractivity contribution < 1.29 is 14.3 Å². The first kappa shape index (κ1) is 11.9. The zero-order valence-electron chi connectivity index (χ0n) is 9.37. The Bertz CT molecular complexity index is 419. The average molecular weight is 238 g/mol. The maximum absolute atomic E-state index is 13.0. The lowest BCUT2D eigenvalue weighted by molar-refractivity contribution is -0.116. The predicted molar refractivity (Wildman–Crippen MR) is 62.3 cm³/mol. The molecule has 1 aliphatic rings. The lowest BCUT2D eigenvalue weighted by Gasteiger charge is -2.06. The Morgan fingerprint density at radius 3 is 2.88 bits per heavy atom. The van der Waals surface area contributed by atoms with Gasteiger partial charge in [0, 0.05) is 30.8 Å². The normalized spacial score (nSPS) is 14.6. The fourth-order valence-electron chi connectivity index (χ4n) is 1.49. The molecule has 3 N–H and O–H groups in total. The highest BCUT2D eigenvalue weighted by atomic mass is 19.1. The van der Waals surface area contributed by atoms with Gasteiger partial charge in [0.25, 0.3) is 0 Å². The van der Waals surface area contributed by atoms with E-state index in [0.29, 0.717) is 24.7 Å². The Balaban J connectivity index is 1.77. The Kier molecular flexibility index (Phi) is 3.58. The van der Waals surface area contributed by atoms with Crippen molar-refractivity contribution in [3.63, 3.8) is 0 Å². The van der Waals surface area contributed by atoms with Crippen LogP contribution in [-0.4, -0.2) is 23.6 Å². The van der Waals surface area contributed by atoms with Gasteiger partial charge in [-0.15, -0.1) is 0 Å². The molecule has 2 rings (SSSR count). The van der Waals surface area contributed by atoms with Crippen LogP contribution in [0.25, 0.3) is 0 Å². The van der Waals surface area contributed by atoms with Crippen LogP contribution in [0.3, 0.4) is 0 Å². The highest BCUT2D eigenvalue weighted by Gasteiger charge is 2.20. The summed E-state index contributed by atoms with van der Waals surface area (Å²) in [5.74, 6) is -1.32. The van der Waals surface area contributed by atoms with Gasteiger partial charge in [-0.25, -0.2) is 4.39 Å². The number of aromatic hydroxyl groups is 1. The number of hydrogen-bond acceptors (Lipinski definition) is 3. The van der Waals surface area contributed by atoms with Gasteiger partial charge in [-0.2, -0.15) is 0 Å². The molecule has 1 amide bonds. The summed E-state index contributed by atoms with van der Waals surface area (Å²) in [6.07, 6.45) is 2.73. The molecule has 0 aromatic heterocycles. The zero-order chi connectivity index (χ0) is 12.3. The first-order chi connectivity index (χ1) is 8.15. The second-order valence-electron chi connectivity index (χ2n) is 4.19. The fourth-order valence-corrected chi connectivity index (χ4v) is 1.49. The molecular formula is C12H15FN2O2. The summed E-state index contributed by atoms with van der Waals surface area (Å²) in [6.45, 7) is 0.636. The molecule has 1 fully saturated rings. The summed E-state index contributed by atoms with van der Waals surface area (Å²) in [4.78, 5) is 11.5. The van der Waals surface area contributed by atoms with Gasteiger partial charge in [0.1, 0.15) is 0 Å². The molecule has 0 aliphatic heterocycles. The molecule has 1 aromatic rings. The molecule has 0 unspecified atom stereocenters. The molecule has 0 saturated heterocycles. The van der Waals surface area contributed by atoms with E-state index >= 15 is 0 Å². The number of halogens is 1. The summed E-state index contributed by atoms with van der Waals surface area (Å²) in [5.41, 5.74) is 0.358. The Morgan fingerprint density at radius 1 is 1.47 bits per heavy atom. The van der Waals surface area contributed by atoms with Crippen molar-refractivity contribution in [3.8, 4) is 5.75 Å². The van der Waals surface area contributed by atoms with Crippen LogP contribution in [-0.2, 0) is 4.79 Å². The molecular weight excluding hydrogens is 223 g/mol. The number of nitrogens with one attached hydrogen (secondary N) is 2. The third-order valence-electron chi connectivity index (χ3n) is 2.59. The molecule has 0 spiro atoms. The molecule has 1 saturated carbocycles. The molecule has 0 atom stereocenters. The second-order valence-corrected chi connectivity index (χ2v) is 4.19. The standard InChI is InChI=1S/C12H15FN2O2/c13-10-7-9(3-4-11(10)16)15-12(17)5-6-14-8-1-2-8/h3-4,7-8,14,16H,1-2,5-6H2,(H,15,17). The minimum atomic E-state index is -0.737. The van der Waals surface area contributed by atoms with Crippen LogP contribution in [0.4, 0.5) is 10.1 Å². The Morgan fingerprint density at radius 2 is 2.24 bits per heavy atom. The Labute approximate surface area is 98.8 Å². The van der Waals surface area contributed by atoms with Gasteiger partial charge in [0.05, 0.1) is 0 Å². The molecule has 0 radical (unpaired) electrons. The third kappa shape index (κ3) is 3.71. The second kappa shape index (κ2) is 5.14. The number of phenolic OH excluding ortho intramolecular Hbond substituents is 1. The number of hydrogen-bond donors (Lipinski definition) is 3. The summed E-state index contributed by atoms with van der Waals surface area (Å²) in [6, 6.07) is 4.36. The van der Waals surface area contributed by atoms with Gasteiger partial charge in [-0.3, -0.25) is 4.79 Å². The van der Waals surface area contributed by atoms with Crippen molar-refractivity contribution in [2.45, 2.75) is 25.3 Å². The van der Waals surface area contributed by atoms with Gasteiger partial charge < -0.3 is 15.7 Å². The summed E-state index contributed by atoms with van der Waals surface area (Å²) >= 11 is 0. The van der Waals surface area contributed by atoms with E-state index in [4.69, 9.17) is 5.11 Å². The molecule has 1 aromatic carbocycles. The number of phenols is 1.